The summed E-state index contributed by atoms with van der Waals surface area (Å²) in [6, 6.07) is 11.5. The van der Waals surface area contributed by atoms with Gasteiger partial charge in [0.15, 0.2) is 0 Å². The van der Waals surface area contributed by atoms with E-state index in [9.17, 15) is 18.0 Å². The Kier molecular flexibility index (Phi) is 5.10. The zero-order valence-electron chi connectivity index (χ0n) is 16.0. The van der Waals surface area contributed by atoms with Gasteiger partial charge in [-0.2, -0.15) is 0 Å². The van der Waals surface area contributed by atoms with Gasteiger partial charge >= 0.3 is 0 Å². The number of pyridine rings is 1. The fourth-order valence-corrected chi connectivity index (χ4v) is 3.95. The minimum Gasteiger partial charge on any atom is -0.322 e. The number of anilines is 1. The van der Waals surface area contributed by atoms with Gasteiger partial charge in [-0.15, -0.1) is 0 Å². The Hall–Kier alpha value is -2.97. The number of carbonyl (C=O) groups is 1. The number of fused-ring (bicyclic) bond motifs is 1. The third-order valence-electron chi connectivity index (χ3n) is 4.50. The number of carbonyl (C=O) groups excluding carboxylic acids is 1. The van der Waals surface area contributed by atoms with Crippen molar-refractivity contribution in [2.75, 3.05) is 19.4 Å². The molecule has 3 aromatic rings. The van der Waals surface area contributed by atoms with Crippen molar-refractivity contribution < 1.29 is 13.2 Å². The summed E-state index contributed by atoms with van der Waals surface area (Å²) in [5.74, 6) is -0.441. The smallest absolute Gasteiger partial charge is 0.255 e. The van der Waals surface area contributed by atoms with E-state index in [1.165, 1.54) is 20.2 Å². The summed E-state index contributed by atoms with van der Waals surface area (Å²) in [6.45, 7) is 3.41. The van der Waals surface area contributed by atoms with Gasteiger partial charge in [0.1, 0.15) is 0 Å². The molecule has 8 heteroatoms. The lowest BCUT2D eigenvalue weighted by Gasteiger charge is -2.15. The summed E-state index contributed by atoms with van der Waals surface area (Å²) in [4.78, 5) is 27.3. The molecule has 1 amide bonds. The second-order valence-corrected chi connectivity index (χ2v) is 8.93. The van der Waals surface area contributed by atoms with Crippen LogP contribution in [0.4, 0.5) is 5.69 Å². The topological polar surface area (TPSA) is 99.3 Å². The Bertz CT molecular complexity index is 1240. The SMILES string of the molecule is Cc1ccc(C(=O)Nc2ccc3cc(C)c(=O)[nH]c3c2)cc1S(=O)(=O)N(C)C. The van der Waals surface area contributed by atoms with Gasteiger partial charge in [0.25, 0.3) is 11.5 Å². The predicted octanol–water partition coefficient (Wildman–Crippen LogP) is 2.65. The average molecular weight is 399 g/mol. The Morgan fingerprint density at radius 2 is 1.71 bits per heavy atom. The molecule has 0 saturated heterocycles. The molecule has 0 aliphatic carbocycles. The second kappa shape index (κ2) is 7.21. The summed E-state index contributed by atoms with van der Waals surface area (Å²) >= 11 is 0. The second-order valence-electron chi connectivity index (χ2n) is 6.81. The summed E-state index contributed by atoms with van der Waals surface area (Å²) in [5, 5.41) is 3.59. The third kappa shape index (κ3) is 3.69. The Balaban J connectivity index is 1.94. The molecule has 2 N–H and O–H groups in total. The van der Waals surface area contributed by atoms with Crippen LogP contribution in [-0.2, 0) is 10.0 Å². The largest absolute Gasteiger partial charge is 0.322 e. The Labute approximate surface area is 163 Å². The molecule has 0 unspecified atom stereocenters. The molecule has 0 spiro atoms. The van der Waals surface area contributed by atoms with Crippen molar-refractivity contribution >= 4 is 32.5 Å². The van der Waals surface area contributed by atoms with Gasteiger partial charge in [-0.05, 0) is 55.1 Å². The maximum Gasteiger partial charge on any atom is 0.255 e. The van der Waals surface area contributed by atoms with Gasteiger partial charge in [-0.25, -0.2) is 12.7 Å². The molecular weight excluding hydrogens is 378 g/mol. The standard InChI is InChI=1S/C20H21N3O4S/c1-12-5-6-15(10-18(12)28(26,27)23(3)4)20(25)21-16-8-7-14-9-13(2)19(24)22-17(14)11-16/h5-11H,1-4H3,(H,21,25)(H,22,24). The summed E-state index contributed by atoms with van der Waals surface area (Å²) in [7, 11) is -0.773. The average Bonchev–Trinajstić information content (AvgIpc) is 2.63. The van der Waals surface area contributed by atoms with Crippen LogP contribution in [0.5, 0.6) is 0 Å². The van der Waals surface area contributed by atoms with Gasteiger partial charge in [0.05, 0.1) is 10.4 Å². The van der Waals surface area contributed by atoms with Crippen LogP contribution in [0.1, 0.15) is 21.5 Å². The third-order valence-corrected chi connectivity index (χ3v) is 6.46. The summed E-state index contributed by atoms with van der Waals surface area (Å²) in [6.07, 6.45) is 0. The first-order chi connectivity index (χ1) is 13.1. The van der Waals surface area contributed by atoms with Crippen LogP contribution >= 0.6 is 0 Å². The maximum atomic E-state index is 12.6. The van der Waals surface area contributed by atoms with E-state index in [0.717, 1.165) is 9.69 Å². The van der Waals surface area contributed by atoms with E-state index >= 15 is 0 Å². The first-order valence-electron chi connectivity index (χ1n) is 8.58. The van der Waals surface area contributed by atoms with E-state index < -0.39 is 15.9 Å². The fourth-order valence-electron chi connectivity index (χ4n) is 2.81. The lowest BCUT2D eigenvalue weighted by Crippen LogP contribution is -2.23. The molecule has 146 valence electrons. The van der Waals surface area contributed by atoms with Crippen molar-refractivity contribution in [2.45, 2.75) is 18.7 Å². The summed E-state index contributed by atoms with van der Waals surface area (Å²) < 4.78 is 26.0. The highest BCUT2D eigenvalue weighted by Crippen LogP contribution is 2.22. The predicted molar refractivity (Wildman–Crippen MR) is 109 cm³/mol. The highest BCUT2D eigenvalue weighted by molar-refractivity contribution is 7.89. The van der Waals surface area contributed by atoms with Gasteiger partial charge < -0.3 is 10.3 Å². The maximum absolute atomic E-state index is 12.6. The lowest BCUT2D eigenvalue weighted by molar-refractivity contribution is 0.102. The van der Waals surface area contributed by atoms with Crippen molar-refractivity contribution in [2.24, 2.45) is 0 Å². The van der Waals surface area contributed by atoms with Crippen molar-refractivity contribution in [1.82, 2.24) is 9.29 Å². The zero-order chi connectivity index (χ0) is 20.6. The number of H-pyrrole nitrogens is 1. The van der Waals surface area contributed by atoms with Crippen LogP contribution in [-0.4, -0.2) is 37.7 Å². The first-order valence-corrected chi connectivity index (χ1v) is 10.0. The Morgan fingerprint density at radius 1 is 1.00 bits per heavy atom. The van der Waals surface area contributed by atoms with Crippen LogP contribution in [0.25, 0.3) is 10.9 Å². The molecular formula is C20H21N3O4S. The number of amides is 1. The monoisotopic (exact) mass is 399 g/mol. The summed E-state index contributed by atoms with van der Waals surface area (Å²) in [5.41, 5.74) is 2.31. The van der Waals surface area contributed by atoms with Crippen LogP contribution in [0.2, 0.25) is 0 Å². The number of hydrogen-bond acceptors (Lipinski definition) is 4. The Morgan fingerprint density at radius 3 is 2.39 bits per heavy atom. The van der Waals surface area contributed by atoms with Gasteiger partial charge in [0, 0.05) is 30.9 Å². The molecule has 0 fully saturated rings. The molecule has 0 saturated carbocycles. The molecule has 1 aromatic heterocycles. The number of sulfonamides is 1. The molecule has 7 nitrogen and oxygen atoms in total. The number of aryl methyl sites for hydroxylation is 2. The molecule has 2 aromatic carbocycles. The number of aromatic nitrogens is 1. The number of hydrogen-bond donors (Lipinski definition) is 2. The quantitative estimate of drug-likeness (QED) is 0.704. The van der Waals surface area contributed by atoms with E-state index in [4.69, 9.17) is 0 Å². The number of nitrogens with one attached hydrogen (secondary N) is 2. The zero-order valence-corrected chi connectivity index (χ0v) is 16.8. The lowest BCUT2D eigenvalue weighted by atomic mass is 10.1. The number of nitrogens with zero attached hydrogens (tertiary/aromatic N) is 1. The van der Waals surface area contributed by atoms with Crippen molar-refractivity contribution in [1.29, 1.82) is 0 Å². The van der Waals surface area contributed by atoms with Crippen molar-refractivity contribution in [3.63, 3.8) is 0 Å². The molecule has 0 aliphatic rings. The first kappa shape index (κ1) is 19.8. The van der Waals surface area contributed by atoms with Crippen molar-refractivity contribution in [3.05, 3.63) is 69.5 Å². The molecule has 0 bridgehead atoms. The normalized spacial score (nSPS) is 11.8. The van der Waals surface area contributed by atoms with E-state index in [1.54, 1.807) is 50.2 Å². The van der Waals surface area contributed by atoms with Crippen molar-refractivity contribution in [3.8, 4) is 0 Å². The minimum absolute atomic E-state index is 0.0865. The molecule has 1 heterocycles. The van der Waals surface area contributed by atoms with Crippen LogP contribution in [0.3, 0.4) is 0 Å². The van der Waals surface area contributed by atoms with Crippen LogP contribution in [0.15, 0.2) is 52.2 Å². The molecule has 3 rings (SSSR count). The van der Waals surface area contributed by atoms with Gasteiger partial charge in [-0.1, -0.05) is 12.1 Å². The fraction of sp³-hybridized carbons (Fsp3) is 0.200. The highest BCUT2D eigenvalue weighted by Gasteiger charge is 2.21. The van der Waals surface area contributed by atoms with Crippen LogP contribution < -0.4 is 10.9 Å². The van der Waals surface area contributed by atoms with Gasteiger partial charge in [-0.3, -0.25) is 9.59 Å². The number of benzene rings is 2. The molecule has 0 aliphatic heterocycles. The molecule has 28 heavy (non-hydrogen) atoms. The van der Waals surface area contributed by atoms with E-state index in [2.05, 4.69) is 10.3 Å². The van der Waals surface area contributed by atoms with Gasteiger partial charge in [0.2, 0.25) is 10.0 Å². The number of rotatable bonds is 4. The van der Waals surface area contributed by atoms with E-state index in [0.29, 0.717) is 22.3 Å². The number of aromatic amines is 1. The van der Waals surface area contributed by atoms with E-state index in [-0.39, 0.29) is 16.0 Å². The van der Waals surface area contributed by atoms with Crippen LogP contribution in [0, 0.1) is 13.8 Å². The minimum atomic E-state index is -3.66. The molecule has 0 atom stereocenters. The molecule has 0 radical (unpaired) electrons. The van der Waals surface area contributed by atoms with E-state index in [1.807, 2.05) is 0 Å². The highest BCUT2D eigenvalue weighted by atomic mass is 32.2.